The van der Waals surface area contributed by atoms with Crippen LogP contribution in [0.1, 0.15) is 108 Å². The molecule has 12 aromatic rings. The van der Waals surface area contributed by atoms with E-state index in [1.807, 2.05) is 82.6 Å². The lowest BCUT2D eigenvalue weighted by atomic mass is 9.89. The Morgan fingerprint density at radius 2 is 0.922 bits per heavy atom. The summed E-state index contributed by atoms with van der Waals surface area (Å²) in [4.78, 5) is 17.8. The SMILES string of the molecule is Cc1cn2nc(-c3cc(F)c4cc(C5CCCNCC5)nnc4c3)cc(C)c2n1.Cc1cn2nc(-c3cc(F)c4cc(C5CCN(CCN(C)C)CC5)nnc4c3)cc(C)c2n1.Cc1cn2nc(-c3cc4c(F)cc(C5CCNCC5)cc4nn3)cc(F)c2n1. The molecule has 19 nitrogen and oxygen atoms in total. The average molecular weight is 1220 g/mol. The molecule has 0 saturated carbocycles. The first-order valence-electron chi connectivity index (χ1n) is 30.9. The second-order valence-corrected chi connectivity index (χ2v) is 24.6. The van der Waals surface area contributed by atoms with E-state index in [1.165, 1.54) is 10.6 Å². The third-order valence-corrected chi connectivity index (χ3v) is 17.5. The molecule has 3 aromatic carbocycles. The van der Waals surface area contributed by atoms with Gasteiger partial charge in [0, 0.05) is 58.3 Å². The Morgan fingerprint density at radius 3 is 1.50 bits per heavy atom. The number of rotatable bonds is 9. The highest BCUT2D eigenvalue weighted by Gasteiger charge is 2.25. The van der Waals surface area contributed by atoms with Gasteiger partial charge in [-0.3, -0.25) is 0 Å². The largest absolute Gasteiger partial charge is 0.317 e. The van der Waals surface area contributed by atoms with Crippen molar-refractivity contribution in [1.82, 2.24) is 94.8 Å². The minimum atomic E-state index is -0.512. The minimum Gasteiger partial charge on any atom is -0.317 e. The molecule has 0 amide bonds. The molecule has 12 heterocycles. The third kappa shape index (κ3) is 12.8. The molecule has 2 N–H and O–H groups in total. The van der Waals surface area contributed by atoms with Crippen molar-refractivity contribution in [2.75, 3.05) is 66.5 Å². The number of fused-ring (bicyclic) bond motifs is 6. The van der Waals surface area contributed by atoms with Gasteiger partial charge in [-0.1, -0.05) is 0 Å². The predicted octanol–water partition coefficient (Wildman–Crippen LogP) is 11.2. The molecular weight excluding hydrogens is 1150 g/mol. The molecule has 15 rings (SSSR count). The molecular formula is C67H71F4N19. The standard InChI is InChI=1S/C25H30FN7.C22H23FN6.C20H18F2N6/c1-16-11-23(30-33-15-17(2)27-25(16)33)19-12-21(26)20-14-22(28-29-24(20)13-19)18-5-7-32(8-6-18)10-9-31(3)4;1-13-8-20(28-29-12-14(2)25-22(13)29)16-9-18(23)17-11-19(26-27-21(17)10-16)15-4-3-6-24-7-5-15;1-11-10-28-20(24-11)16(22)9-19(27-28)18-8-14-15(21)6-13(7-17(14)25-26-18)12-2-4-23-5-3-12/h11-15,18H,5-10H2,1-4H3;8-12,15,24H,3-7H2,1-2H3;6-10,12,23H,2-5H2,1H3. The van der Waals surface area contributed by atoms with Crippen LogP contribution in [0.5, 0.6) is 0 Å². The lowest BCUT2D eigenvalue weighted by molar-refractivity contribution is 0.192. The van der Waals surface area contributed by atoms with Gasteiger partial charge in [0.25, 0.3) is 0 Å². The Hall–Kier alpha value is -8.90. The molecule has 3 aliphatic rings. The summed E-state index contributed by atoms with van der Waals surface area (Å²) in [7, 11) is 4.21. The van der Waals surface area contributed by atoms with Crippen LogP contribution in [0.3, 0.4) is 0 Å². The van der Waals surface area contributed by atoms with Crippen LogP contribution in [0, 0.1) is 57.9 Å². The maximum Gasteiger partial charge on any atom is 0.190 e. The zero-order valence-electron chi connectivity index (χ0n) is 51.6. The second kappa shape index (κ2) is 25.5. The van der Waals surface area contributed by atoms with Crippen molar-refractivity contribution in [3.8, 4) is 33.9 Å². The fraction of sp³-hybridized carbons (Fsp3) is 0.373. The second-order valence-electron chi connectivity index (χ2n) is 24.6. The van der Waals surface area contributed by atoms with Gasteiger partial charge in [0.1, 0.15) is 28.8 Å². The van der Waals surface area contributed by atoms with Crippen molar-refractivity contribution in [2.24, 2.45) is 0 Å². The van der Waals surface area contributed by atoms with Gasteiger partial charge < -0.3 is 20.4 Å². The van der Waals surface area contributed by atoms with E-state index in [1.54, 1.807) is 46.4 Å². The highest BCUT2D eigenvalue weighted by Crippen LogP contribution is 2.35. The Bertz CT molecular complexity index is 4630. The van der Waals surface area contributed by atoms with E-state index in [-0.39, 0.29) is 28.8 Å². The maximum absolute atomic E-state index is 15.2. The Labute approximate surface area is 517 Å². The molecule has 0 bridgehead atoms. The molecule has 9 aromatic heterocycles. The van der Waals surface area contributed by atoms with Crippen molar-refractivity contribution in [1.29, 1.82) is 0 Å². The fourth-order valence-electron chi connectivity index (χ4n) is 12.6. The van der Waals surface area contributed by atoms with Gasteiger partial charge in [-0.05, 0) is 222 Å². The van der Waals surface area contributed by atoms with E-state index in [4.69, 9.17) is 0 Å². The quantitative estimate of drug-likeness (QED) is 0.129. The van der Waals surface area contributed by atoms with Crippen LogP contribution in [0.4, 0.5) is 17.6 Å². The number of benzene rings is 3. The number of likely N-dealkylation sites (tertiary alicyclic amines) is 1. The first-order valence-corrected chi connectivity index (χ1v) is 30.9. The van der Waals surface area contributed by atoms with E-state index in [0.717, 1.165) is 148 Å². The van der Waals surface area contributed by atoms with Crippen LogP contribution in [0.2, 0.25) is 0 Å². The molecule has 3 aliphatic heterocycles. The van der Waals surface area contributed by atoms with E-state index in [2.05, 4.69) is 95.4 Å². The molecule has 0 aliphatic carbocycles. The summed E-state index contributed by atoms with van der Waals surface area (Å²) in [6.07, 6.45) is 12.6. The third-order valence-electron chi connectivity index (χ3n) is 17.5. The summed E-state index contributed by atoms with van der Waals surface area (Å²) < 4.78 is 64.3. The van der Waals surface area contributed by atoms with Crippen molar-refractivity contribution in [3.05, 3.63) is 160 Å². The molecule has 0 radical (unpaired) electrons. The Morgan fingerprint density at radius 1 is 0.444 bits per heavy atom. The molecule has 1 atom stereocenters. The number of nitrogens with one attached hydrogen (secondary N) is 2. The molecule has 3 fully saturated rings. The van der Waals surface area contributed by atoms with Gasteiger partial charge >= 0.3 is 0 Å². The molecule has 90 heavy (non-hydrogen) atoms. The highest BCUT2D eigenvalue weighted by molar-refractivity contribution is 5.86. The first kappa shape index (κ1) is 60.0. The first-order chi connectivity index (χ1) is 43.5. The summed E-state index contributed by atoms with van der Waals surface area (Å²) in [5.74, 6) is -0.455. The summed E-state index contributed by atoms with van der Waals surface area (Å²) in [6, 6.07) is 20.8. The van der Waals surface area contributed by atoms with Crippen LogP contribution in [0.25, 0.3) is 83.6 Å². The number of nitrogens with zero attached hydrogens (tertiary/aromatic N) is 17. The molecule has 462 valence electrons. The van der Waals surface area contributed by atoms with Crippen molar-refractivity contribution in [3.63, 3.8) is 0 Å². The van der Waals surface area contributed by atoms with Crippen molar-refractivity contribution in [2.45, 2.75) is 97.3 Å². The molecule has 1 unspecified atom stereocenters. The lowest BCUT2D eigenvalue weighted by Crippen LogP contribution is -2.37. The number of likely N-dealkylation sites (N-methyl/N-ethyl adjacent to an activating group) is 1. The number of halogens is 4. The zero-order valence-corrected chi connectivity index (χ0v) is 51.6. The van der Waals surface area contributed by atoms with Gasteiger partial charge in [-0.2, -0.15) is 35.7 Å². The van der Waals surface area contributed by atoms with Crippen LogP contribution in [-0.2, 0) is 0 Å². The van der Waals surface area contributed by atoms with Crippen molar-refractivity contribution >= 4 is 49.7 Å². The Balaban J connectivity index is 0.000000124. The zero-order chi connectivity index (χ0) is 62.3. The number of aromatic nitrogens is 15. The lowest BCUT2D eigenvalue weighted by Gasteiger charge is -2.32. The van der Waals surface area contributed by atoms with E-state index < -0.39 is 5.82 Å². The topological polar surface area (TPSA) is 198 Å². The summed E-state index contributed by atoms with van der Waals surface area (Å²) in [5, 5.41) is 47.8. The van der Waals surface area contributed by atoms with Gasteiger partial charge in [-0.15, -0.1) is 10.2 Å². The smallest absolute Gasteiger partial charge is 0.190 e. The van der Waals surface area contributed by atoms with Gasteiger partial charge in [0.05, 0.1) is 75.0 Å². The maximum atomic E-state index is 15.2. The minimum absolute atomic E-state index is 0.146. The van der Waals surface area contributed by atoms with E-state index in [9.17, 15) is 8.78 Å². The van der Waals surface area contributed by atoms with E-state index >= 15 is 8.78 Å². The van der Waals surface area contributed by atoms with E-state index in [0.29, 0.717) is 84.4 Å². The highest BCUT2D eigenvalue weighted by atomic mass is 19.1. The number of imidazole rings is 3. The molecule has 3 saturated heterocycles. The number of hydrogen-bond acceptors (Lipinski definition) is 16. The average Bonchev–Trinajstić information content (AvgIpc) is 1.26. The number of aryl methyl sites for hydroxylation is 5. The normalized spacial score (nSPS) is 16.3. The van der Waals surface area contributed by atoms with Crippen molar-refractivity contribution < 1.29 is 17.6 Å². The van der Waals surface area contributed by atoms with Crippen LogP contribution in [0.15, 0.2) is 91.4 Å². The van der Waals surface area contributed by atoms with Crippen LogP contribution < -0.4 is 10.6 Å². The monoisotopic (exact) mass is 1220 g/mol. The fourth-order valence-corrected chi connectivity index (χ4v) is 12.6. The Kier molecular flexibility index (Phi) is 17.0. The number of piperidine rings is 2. The van der Waals surface area contributed by atoms with Gasteiger partial charge in [-0.25, -0.2) is 46.1 Å². The summed E-state index contributed by atoms with van der Waals surface area (Å²) in [6.45, 7) is 17.7. The van der Waals surface area contributed by atoms with Crippen LogP contribution in [-0.4, -0.2) is 151 Å². The van der Waals surface area contributed by atoms with Gasteiger partial charge in [0.15, 0.2) is 22.8 Å². The van der Waals surface area contributed by atoms with Gasteiger partial charge in [0.2, 0.25) is 0 Å². The molecule has 23 heteroatoms. The summed E-state index contributed by atoms with van der Waals surface area (Å²) in [5.41, 5.74) is 13.9. The summed E-state index contributed by atoms with van der Waals surface area (Å²) >= 11 is 0. The molecule has 0 spiro atoms. The van der Waals surface area contributed by atoms with Crippen LogP contribution >= 0.6 is 0 Å². The predicted molar refractivity (Wildman–Crippen MR) is 339 cm³/mol. The number of hydrogen-bond donors (Lipinski definition) is 2.